The number of likely N-dealkylation sites (tertiary alicyclic amines) is 1. The molecule has 2 saturated heterocycles. The average molecular weight is 331 g/mol. The van der Waals surface area contributed by atoms with Crippen LogP contribution in [0.4, 0.5) is 13.2 Å². The molecule has 2 N–H and O–H groups in total. The quantitative estimate of drug-likeness (QED) is 0.861. The van der Waals surface area contributed by atoms with Gasteiger partial charge in [0.05, 0.1) is 6.54 Å². The molecule has 3 rings (SSSR count). The molecule has 23 heavy (non-hydrogen) atoms. The van der Waals surface area contributed by atoms with Crippen LogP contribution in [0, 0.1) is 0 Å². The van der Waals surface area contributed by atoms with E-state index in [1.165, 1.54) is 0 Å². The van der Waals surface area contributed by atoms with Crippen molar-refractivity contribution >= 4 is 5.91 Å². The summed E-state index contributed by atoms with van der Waals surface area (Å²) in [5, 5.41) is 8.83. The first-order valence-corrected chi connectivity index (χ1v) is 7.77. The van der Waals surface area contributed by atoms with Crippen molar-refractivity contribution in [3.05, 3.63) is 17.5 Å². The summed E-state index contributed by atoms with van der Waals surface area (Å²) in [5.74, 6) is 0.101. The summed E-state index contributed by atoms with van der Waals surface area (Å²) in [6, 6.07) is 1.20. The highest BCUT2D eigenvalue weighted by Gasteiger charge is 2.34. The lowest BCUT2D eigenvalue weighted by Gasteiger charge is -2.41. The first-order chi connectivity index (χ1) is 10.9. The van der Waals surface area contributed by atoms with Gasteiger partial charge >= 0.3 is 6.18 Å². The van der Waals surface area contributed by atoms with E-state index in [9.17, 15) is 18.0 Å². The zero-order valence-corrected chi connectivity index (χ0v) is 12.7. The number of H-pyrrole nitrogens is 1. The van der Waals surface area contributed by atoms with Gasteiger partial charge in [-0.3, -0.25) is 14.8 Å². The smallest absolute Gasteiger partial charge is 0.336 e. The highest BCUT2D eigenvalue weighted by atomic mass is 19.4. The summed E-state index contributed by atoms with van der Waals surface area (Å²) in [5.41, 5.74) is -0.442. The third kappa shape index (κ3) is 3.84. The van der Waals surface area contributed by atoms with Crippen LogP contribution in [-0.4, -0.2) is 64.7 Å². The van der Waals surface area contributed by atoms with Crippen molar-refractivity contribution in [2.24, 2.45) is 0 Å². The number of piperidine rings is 1. The van der Waals surface area contributed by atoms with E-state index >= 15 is 0 Å². The molecule has 2 aliphatic heterocycles. The van der Waals surface area contributed by atoms with E-state index in [0.29, 0.717) is 31.9 Å². The van der Waals surface area contributed by atoms with Crippen LogP contribution in [0.1, 0.15) is 24.2 Å². The Morgan fingerprint density at radius 2 is 2.17 bits per heavy atom. The Morgan fingerprint density at radius 3 is 2.87 bits per heavy atom. The molecule has 1 atom stereocenters. The maximum Gasteiger partial charge on any atom is 0.435 e. The summed E-state index contributed by atoms with van der Waals surface area (Å²) >= 11 is 0. The second kappa shape index (κ2) is 6.48. The number of alkyl halides is 3. The normalized spacial score (nSPS) is 24.2. The van der Waals surface area contributed by atoms with Gasteiger partial charge in [-0.2, -0.15) is 18.3 Å². The fourth-order valence-electron chi connectivity index (χ4n) is 3.27. The van der Waals surface area contributed by atoms with Gasteiger partial charge in [0.25, 0.3) is 0 Å². The van der Waals surface area contributed by atoms with E-state index in [1.54, 1.807) is 0 Å². The van der Waals surface area contributed by atoms with Crippen molar-refractivity contribution in [3.63, 3.8) is 0 Å². The number of aromatic amines is 1. The Bertz CT molecular complexity index is 559. The van der Waals surface area contributed by atoms with Crippen molar-refractivity contribution in [1.82, 2.24) is 25.3 Å². The first-order valence-electron chi connectivity index (χ1n) is 7.77. The van der Waals surface area contributed by atoms with E-state index in [0.717, 1.165) is 32.0 Å². The fraction of sp³-hybridized carbons (Fsp3) is 0.714. The summed E-state index contributed by atoms with van der Waals surface area (Å²) in [4.78, 5) is 16.0. The second-order valence-electron chi connectivity index (χ2n) is 6.07. The van der Waals surface area contributed by atoms with Crippen LogP contribution in [0.15, 0.2) is 6.07 Å². The number of halogens is 3. The molecule has 0 aromatic carbocycles. The summed E-state index contributed by atoms with van der Waals surface area (Å²) in [6.07, 6.45) is -2.55. The Balaban J connectivity index is 1.60. The largest absolute Gasteiger partial charge is 0.435 e. The number of hydrogen-bond donors (Lipinski definition) is 2. The fourth-order valence-corrected chi connectivity index (χ4v) is 3.27. The number of aromatic nitrogens is 2. The van der Waals surface area contributed by atoms with Crippen molar-refractivity contribution in [3.8, 4) is 0 Å². The van der Waals surface area contributed by atoms with Gasteiger partial charge in [-0.15, -0.1) is 0 Å². The monoisotopic (exact) mass is 331 g/mol. The number of hydrogen-bond acceptors (Lipinski definition) is 4. The molecule has 128 valence electrons. The van der Waals surface area contributed by atoms with Crippen molar-refractivity contribution < 1.29 is 18.0 Å². The minimum absolute atomic E-state index is 0.101. The molecule has 6 nitrogen and oxygen atoms in total. The molecule has 0 spiro atoms. The van der Waals surface area contributed by atoms with Crippen LogP contribution >= 0.6 is 0 Å². The molecule has 0 aliphatic carbocycles. The van der Waals surface area contributed by atoms with Crippen molar-refractivity contribution in [1.29, 1.82) is 0 Å². The molecular weight excluding hydrogens is 311 g/mol. The lowest BCUT2D eigenvalue weighted by molar-refractivity contribution is -0.141. The summed E-state index contributed by atoms with van der Waals surface area (Å²) in [7, 11) is 0. The van der Waals surface area contributed by atoms with Gasteiger partial charge in [-0.1, -0.05) is 0 Å². The zero-order valence-electron chi connectivity index (χ0n) is 12.7. The molecular formula is C14H20F3N5O. The van der Waals surface area contributed by atoms with E-state index in [2.05, 4.69) is 20.4 Å². The maximum absolute atomic E-state index is 12.6. The van der Waals surface area contributed by atoms with Crippen molar-refractivity contribution in [2.75, 3.05) is 32.7 Å². The molecule has 0 bridgehead atoms. The Labute approximate surface area is 132 Å². The number of nitrogens with one attached hydrogen (secondary N) is 2. The predicted octanol–water partition coefficient (Wildman–Crippen LogP) is 0.825. The van der Waals surface area contributed by atoms with Crippen LogP contribution < -0.4 is 5.32 Å². The number of amides is 1. The standard InChI is InChI=1S/C14H20F3N5O/c15-14(16,17)12-6-10(19-20-12)8-21-4-1-2-11(9-21)22-5-3-18-7-13(22)23/h6,11,18H,1-5,7-9H2,(H,19,20). The molecule has 0 saturated carbocycles. The number of nitrogens with zero attached hydrogens (tertiary/aromatic N) is 3. The second-order valence-corrected chi connectivity index (χ2v) is 6.07. The average Bonchev–Trinajstić information content (AvgIpc) is 2.97. The molecule has 9 heteroatoms. The molecule has 1 aromatic heterocycles. The van der Waals surface area contributed by atoms with Crippen LogP contribution in [0.2, 0.25) is 0 Å². The Hall–Kier alpha value is -1.61. The molecule has 1 aromatic rings. The van der Waals surface area contributed by atoms with E-state index < -0.39 is 11.9 Å². The molecule has 1 unspecified atom stereocenters. The Kier molecular flexibility index (Phi) is 4.58. The number of carbonyl (C=O) groups is 1. The first kappa shape index (κ1) is 16.3. The lowest BCUT2D eigenvalue weighted by Crippen LogP contribution is -2.56. The van der Waals surface area contributed by atoms with Gasteiger partial charge in [0, 0.05) is 37.9 Å². The third-order valence-corrected chi connectivity index (χ3v) is 4.36. The number of piperazine rings is 1. The third-order valence-electron chi connectivity index (χ3n) is 4.36. The minimum atomic E-state index is -4.42. The van der Waals surface area contributed by atoms with Gasteiger partial charge in [0.1, 0.15) is 0 Å². The van der Waals surface area contributed by atoms with Gasteiger partial charge in [0.2, 0.25) is 5.91 Å². The minimum Gasteiger partial charge on any atom is -0.336 e. The van der Waals surface area contributed by atoms with E-state index in [1.807, 2.05) is 4.90 Å². The van der Waals surface area contributed by atoms with Crippen LogP contribution in [0.5, 0.6) is 0 Å². The molecule has 3 heterocycles. The SMILES string of the molecule is O=C1CNCCN1C1CCCN(Cc2cc(C(F)(F)F)n[nH]2)C1. The van der Waals surface area contributed by atoms with Crippen molar-refractivity contribution in [2.45, 2.75) is 31.6 Å². The topological polar surface area (TPSA) is 64.3 Å². The van der Waals surface area contributed by atoms with Gasteiger partial charge < -0.3 is 10.2 Å². The maximum atomic E-state index is 12.6. The molecule has 1 amide bonds. The van der Waals surface area contributed by atoms with Gasteiger partial charge in [0.15, 0.2) is 5.69 Å². The zero-order chi connectivity index (χ0) is 16.4. The Morgan fingerprint density at radius 1 is 1.35 bits per heavy atom. The number of carbonyl (C=O) groups excluding carboxylic acids is 1. The lowest BCUT2D eigenvalue weighted by atomic mass is 10.0. The highest BCUT2D eigenvalue weighted by molar-refractivity contribution is 5.79. The van der Waals surface area contributed by atoms with Crippen LogP contribution in [0.25, 0.3) is 0 Å². The molecule has 2 aliphatic rings. The van der Waals surface area contributed by atoms with Gasteiger partial charge in [-0.05, 0) is 25.5 Å². The molecule has 2 fully saturated rings. The van der Waals surface area contributed by atoms with E-state index in [-0.39, 0.29) is 11.9 Å². The summed E-state index contributed by atoms with van der Waals surface area (Å²) < 4.78 is 37.7. The van der Waals surface area contributed by atoms with Crippen LogP contribution in [-0.2, 0) is 17.5 Å². The van der Waals surface area contributed by atoms with E-state index in [4.69, 9.17) is 0 Å². The predicted molar refractivity (Wildman–Crippen MR) is 76.5 cm³/mol. The molecule has 0 radical (unpaired) electrons. The van der Waals surface area contributed by atoms with Gasteiger partial charge in [-0.25, -0.2) is 0 Å². The number of rotatable bonds is 3. The highest BCUT2D eigenvalue weighted by Crippen LogP contribution is 2.28. The van der Waals surface area contributed by atoms with Crippen LogP contribution in [0.3, 0.4) is 0 Å². The summed E-state index contributed by atoms with van der Waals surface area (Å²) in [6.45, 7) is 3.74.